The second-order valence-corrected chi connectivity index (χ2v) is 5.19. The van der Waals surface area contributed by atoms with Crippen molar-refractivity contribution in [3.05, 3.63) is 71.5 Å². The number of aliphatic hydroxyl groups excluding tert-OH is 1. The minimum absolute atomic E-state index is 0.138. The summed E-state index contributed by atoms with van der Waals surface area (Å²) in [5.74, 6) is -0.502. The molecule has 4 nitrogen and oxygen atoms in total. The molecular weight excluding hydrogens is 297 g/mol. The summed E-state index contributed by atoms with van der Waals surface area (Å²) in [5.41, 5.74) is 1.02. The first-order valence-corrected chi connectivity index (χ1v) is 7.51. The van der Waals surface area contributed by atoms with Gasteiger partial charge in [-0.2, -0.15) is 0 Å². The monoisotopic (exact) mass is 317 g/mol. The van der Waals surface area contributed by atoms with Crippen LogP contribution in [0.4, 0.5) is 9.18 Å². The van der Waals surface area contributed by atoms with E-state index in [1.807, 2.05) is 30.3 Å². The Balaban J connectivity index is 1.93. The second kappa shape index (κ2) is 8.29. The lowest BCUT2D eigenvalue weighted by Gasteiger charge is -2.23. The van der Waals surface area contributed by atoms with Crippen molar-refractivity contribution in [2.45, 2.75) is 32.1 Å². The lowest BCUT2D eigenvalue weighted by molar-refractivity contribution is 0.0982. The lowest BCUT2D eigenvalue weighted by Crippen LogP contribution is -2.39. The van der Waals surface area contributed by atoms with Crippen LogP contribution >= 0.6 is 0 Å². The third kappa shape index (κ3) is 4.79. The molecule has 2 aromatic carbocycles. The number of alkyl carbamates (subject to hydrolysis) is 1. The molecule has 0 spiro atoms. The zero-order valence-electron chi connectivity index (χ0n) is 12.9. The molecule has 122 valence electrons. The van der Waals surface area contributed by atoms with Gasteiger partial charge >= 0.3 is 6.09 Å². The molecule has 0 saturated heterocycles. The van der Waals surface area contributed by atoms with Crippen molar-refractivity contribution in [2.24, 2.45) is 0 Å². The van der Waals surface area contributed by atoms with Crippen LogP contribution in [0.1, 0.15) is 30.6 Å². The van der Waals surface area contributed by atoms with Crippen LogP contribution in [0.15, 0.2) is 54.6 Å². The molecule has 0 aliphatic heterocycles. The molecule has 0 radical (unpaired) electrons. The quantitative estimate of drug-likeness (QED) is 0.856. The Kier molecular flexibility index (Phi) is 6.11. The van der Waals surface area contributed by atoms with Crippen LogP contribution in [-0.4, -0.2) is 17.2 Å². The summed E-state index contributed by atoms with van der Waals surface area (Å²) >= 11 is 0. The molecule has 0 saturated carbocycles. The summed E-state index contributed by atoms with van der Waals surface area (Å²) in [6.45, 7) is 1.94. The molecule has 2 rings (SSSR count). The molecule has 2 atom stereocenters. The molecule has 0 bridgehead atoms. The van der Waals surface area contributed by atoms with E-state index in [4.69, 9.17) is 4.74 Å². The maximum Gasteiger partial charge on any atom is 0.407 e. The van der Waals surface area contributed by atoms with Crippen molar-refractivity contribution in [1.82, 2.24) is 5.32 Å². The van der Waals surface area contributed by atoms with Crippen molar-refractivity contribution in [1.29, 1.82) is 0 Å². The molecule has 1 amide bonds. The summed E-state index contributed by atoms with van der Waals surface area (Å²) in [5, 5.41) is 12.9. The van der Waals surface area contributed by atoms with Crippen LogP contribution < -0.4 is 5.32 Å². The summed E-state index contributed by atoms with van der Waals surface area (Å²) < 4.78 is 18.9. The summed E-state index contributed by atoms with van der Waals surface area (Å²) in [4.78, 5) is 11.9. The highest BCUT2D eigenvalue weighted by molar-refractivity contribution is 5.67. The van der Waals surface area contributed by atoms with E-state index in [0.29, 0.717) is 6.42 Å². The highest BCUT2D eigenvalue weighted by Gasteiger charge is 2.24. The van der Waals surface area contributed by atoms with E-state index in [9.17, 15) is 14.3 Å². The maximum atomic E-state index is 13.7. The molecule has 2 N–H and O–H groups in total. The van der Waals surface area contributed by atoms with Crippen molar-refractivity contribution < 1.29 is 19.0 Å². The number of benzene rings is 2. The Morgan fingerprint density at radius 1 is 1.17 bits per heavy atom. The fourth-order valence-electron chi connectivity index (χ4n) is 2.25. The normalized spacial score (nSPS) is 13.2. The highest BCUT2D eigenvalue weighted by atomic mass is 19.1. The summed E-state index contributed by atoms with van der Waals surface area (Å²) in [6, 6.07) is 14.6. The van der Waals surface area contributed by atoms with Crippen molar-refractivity contribution in [2.75, 3.05) is 0 Å². The average molecular weight is 317 g/mol. The van der Waals surface area contributed by atoms with Crippen LogP contribution in [0.25, 0.3) is 0 Å². The molecule has 2 unspecified atom stereocenters. The van der Waals surface area contributed by atoms with Gasteiger partial charge in [-0.1, -0.05) is 55.5 Å². The number of ether oxygens (including phenoxy) is 1. The molecular formula is C18H20FNO3. The van der Waals surface area contributed by atoms with Gasteiger partial charge in [0.25, 0.3) is 0 Å². The van der Waals surface area contributed by atoms with Gasteiger partial charge in [-0.05, 0) is 18.1 Å². The van der Waals surface area contributed by atoms with E-state index >= 15 is 0 Å². The number of rotatable bonds is 6. The number of amides is 1. The lowest BCUT2D eigenvalue weighted by atomic mass is 10.00. The Bertz CT molecular complexity index is 633. The average Bonchev–Trinajstić information content (AvgIpc) is 2.58. The Morgan fingerprint density at radius 2 is 1.83 bits per heavy atom. The molecule has 2 aromatic rings. The molecule has 0 fully saturated rings. The van der Waals surface area contributed by atoms with Crippen molar-refractivity contribution >= 4 is 6.09 Å². The van der Waals surface area contributed by atoms with Gasteiger partial charge in [0.15, 0.2) is 0 Å². The molecule has 0 heterocycles. The molecule has 23 heavy (non-hydrogen) atoms. The number of aliphatic hydroxyl groups is 1. The van der Waals surface area contributed by atoms with Gasteiger partial charge in [-0.15, -0.1) is 0 Å². The predicted molar refractivity (Wildman–Crippen MR) is 85.2 cm³/mol. The molecule has 5 heteroatoms. The van der Waals surface area contributed by atoms with Gasteiger partial charge in [-0.25, -0.2) is 9.18 Å². The van der Waals surface area contributed by atoms with E-state index in [2.05, 4.69) is 5.32 Å². The fraction of sp³-hybridized carbons (Fsp3) is 0.278. The van der Waals surface area contributed by atoms with Gasteiger partial charge in [0.05, 0.1) is 6.04 Å². The van der Waals surface area contributed by atoms with Crippen LogP contribution in [0, 0.1) is 5.82 Å². The standard InChI is InChI=1S/C18H20FNO3/c1-2-16(17(21)14-10-6-7-11-15(14)19)20-18(22)23-12-13-8-4-3-5-9-13/h3-11,16-17,21H,2,12H2,1H3,(H,20,22). The van der Waals surface area contributed by atoms with Gasteiger partial charge in [0.1, 0.15) is 18.5 Å². The first-order valence-electron chi connectivity index (χ1n) is 7.51. The van der Waals surface area contributed by atoms with Gasteiger partial charge in [0, 0.05) is 5.56 Å². The maximum absolute atomic E-state index is 13.7. The van der Waals surface area contributed by atoms with E-state index in [-0.39, 0.29) is 12.2 Å². The number of carbonyl (C=O) groups excluding carboxylic acids is 1. The van der Waals surface area contributed by atoms with Crippen LogP contribution in [0.5, 0.6) is 0 Å². The third-order valence-electron chi connectivity index (χ3n) is 3.56. The number of nitrogens with one attached hydrogen (secondary N) is 1. The first kappa shape index (κ1) is 17.0. The van der Waals surface area contributed by atoms with Crippen LogP contribution in [-0.2, 0) is 11.3 Å². The number of carbonyl (C=O) groups is 1. The van der Waals surface area contributed by atoms with E-state index in [1.165, 1.54) is 12.1 Å². The zero-order valence-corrected chi connectivity index (χ0v) is 12.9. The van der Waals surface area contributed by atoms with E-state index < -0.39 is 24.1 Å². The van der Waals surface area contributed by atoms with Crippen LogP contribution in [0.2, 0.25) is 0 Å². The topological polar surface area (TPSA) is 58.6 Å². The predicted octanol–water partition coefficient (Wildman–Crippen LogP) is 3.56. The summed E-state index contributed by atoms with van der Waals surface area (Å²) in [7, 11) is 0. The first-order chi connectivity index (χ1) is 11.1. The van der Waals surface area contributed by atoms with Gasteiger partial charge in [0.2, 0.25) is 0 Å². The largest absolute Gasteiger partial charge is 0.445 e. The minimum Gasteiger partial charge on any atom is -0.445 e. The number of halogens is 1. The SMILES string of the molecule is CCC(NC(=O)OCc1ccccc1)C(O)c1ccccc1F. The Hall–Kier alpha value is -2.40. The number of hydrogen-bond donors (Lipinski definition) is 2. The Morgan fingerprint density at radius 3 is 2.48 bits per heavy atom. The zero-order chi connectivity index (χ0) is 16.7. The van der Waals surface area contributed by atoms with E-state index in [1.54, 1.807) is 19.1 Å². The molecule has 0 aliphatic rings. The highest BCUT2D eigenvalue weighted by Crippen LogP contribution is 2.21. The summed E-state index contributed by atoms with van der Waals surface area (Å²) in [6.07, 6.45) is -1.34. The Labute approximate surface area is 134 Å². The molecule has 0 aromatic heterocycles. The fourth-order valence-corrected chi connectivity index (χ4v) is 2.25. The second-order valence-electron chi connectivity index (χ2n) is 5.19. The number of hydrogen-bond acceptors (Lipinski definition) is 3. The van der Waals surface area contributed by atoms with Gasteiger partial charge < -0.3 is 15.2 Å². The molecule has 0 aliphatic carbocycles. The van der Waals surface area contributed by atoms with Crippen molar-refractivity contribution in [3.63, 3.8) is 0 Å². The van der Waals surface area contributed by atoms with Gasteiger partial charge in [-0.3, -0.25) is 0 Å². The minimum atomic E-state index is -1.13. The smallest absolute Gasteiger partial charge is 0.407 e. The van der Waals surface area contributed by atoms with Crippen molar-refractivity contribution in [3.8, 4) is 0 Å². The van der Waals surface area contributed by atoms with Crippen LogP contribution in [0.3, 0.4) is 0 Å². The third-order valence-corrected chi connectivity index (χ3v) is 3.56. The van der Waals surface area contributed by atoms with E-state index in [0.717, 1.165) is 5.56 Å².